The van der Waals surface area contributed by atoms with Crippen LogP contribution in [-0.2, 0) is 6.42 Å². The highest BCUT2D eigenvalue weighted by atomic mass is 35.5. The molecule has 3 aromatic carbocycles. The topological polar surface area (TPSA) is 9.23 Å². The van der Waals surface area contributed by atoms with Crippen molar-refractivity contribution in [2.75, 3.05) is 7.11 Å². The van der Waals surface area contributed by atoms with E-state index in [-0.39, 0.29) is 5.92 Å². The van der Waals surface area contributed by atoms with E-state index in [2.05, 4.69) is 55.5 Å². The molecule has 0 heterocycles. The SMILES string of the molecule is CCc1ccc([C@H](c2ccc(Cl)cc2)c2cccc(OC)c2)cc1. The van der Waals surface area contributed by atoms with Gasteiger partial charge in [0, 0.05) is 10.9 Å². The first-order chi connectivity index (χ1) is 11.7. The van der Waals surface area contributed by atoms with Gasteiger partial charge in [-0.2, -0.15) is 0 Å². The van der Waals surface area contributed by atoms with Gasteiger partial charge in [-0.05, 0) is 52.9 Å². The number of benzene rings is 3. The second kappa shape index (κ2) is 7.55. The molecule has 2 heteroatoms. The molecule has 0 radical (unpaired) electrons. The number of hydrogen-bond donors (Lipinski definition) is 0. The van der Waals surface area contributed by atoms with Crippen molar-refractivity contribution in [2.24, 2.45) is 0 Å². The van der Waals surface area contributed by atoms with E-state index in [1.54, 1.807) is 7.11 Å². The molecule has 1 atom stereocenters. The average Bonchev–Trinajstić information content (AvgIpc) is 2.64. The smallest absolute Gasteiger partial charge is 0.119 e. The molecule has 0 aliphatic rings. The predicted molar refractivity (Wildman–Crippen MR) is 101 cm³/mol. The first-order valence-electron chi connectivity index (χ1n) is 8.19. The molecule has 0 saturated heterocycles. The van der Waals surface area contributed by atoms with E-state index in [0.717, 1.165) is 17.2 Å². The molecule has 24 heavy (non-hydrogen) atoms. The Labute approximate surface area is 148 Å². The molecule has 0 aliphatic carbocycles. The van der Waals surface area contributed by atoms with Gasteiger partial charge in [-0.15, -0.1) is 0 Å². The maximum atomic E-state index is 6.08. The quantitative estimate of drug-likeness (QED) is 0.512. The molecule has 0 fully saturated rings. The summed E-state index contributed by atoms with van der Waals surface area (Å²) in [6.07, 6.45) is 1.05. The lowest BCUT2D eigenvalue weighted by Gasteiger charge is -2.20. The molecule has 0 amide bonds. The minimum Gasteiger partial charge on any atom is -0.497 e. The summed E-state index contributed by atoms with van der Waals surface area (Å²) < 4.78 is 5.41. The normalized spacial score (nSPS) is 12.0. The Morgan fingerprint density at radius 3 is 2.04 bits per heavy atom. The molecule has 0 aromatic heterocycles. The van der Waals surface area contributed by atoms with E-state index < -0.39 is 0 Å². The zero-order valence-electron chi connectivity index (χ0n) is 14.0. The summed E-state index contributed by atoms with van der Waals surface area (Å²) in [7, 11) is 1.70. The fourth-order valence-corrected chi connectivity index (χ4v) is 3.13. The van der Waals surface area contributed by atoms with Gasteiger partial charge < -0.3 is 4.74 Å². The monoisotopic (exact) mass is 336 g/mol. The van der Waals surface area contributed by atoms with E-state index in [1.807, 2.05) is 24.3 Å². The van der Waals surface area contributed by atoms with E-state index in [1.165, 1.54) is 22.3 Å². The lowest BCUT2D eigenvalue weighted by atomic mass is 9.85. The molecule has 0 unspecified atom stereocenters. The number of halogens is 1. The second-order valence-electron chi connectivity index (χ2n) is 5.86. The van der Waals surface area contributed by atoms with Gasteiger partial charge in [0.15, 0.2) is 0 Å². The summed E-state index contributed by atoms with van der Waals surface area (Å²) >= 11 is 6.08. The Balaban J connectivity index is 2.10. The van der Waals surface area contributed by atoms with Gasteiger partial charge >= 0.3 is 0 Å². The van der Waals surface area contributed by atoms with Gasteiger partial charge in [-0.25, -0.2) is 0 Å². The maximum Gasteiger partial charge on any atom is 0.119 e. The molecule has 3 rings (SSSR count). The van der Waals surface area contributed by atoms with Crippen molar-refractivity contribution in [1.82, 2.24) is 0 Å². The molecule has 0 aliphatic heterocycles. The minimum atomic E-state index is 0.156. The van der Waals surface area contributed by atoms with Crippen LogP contribution in [0, 0.1) is 0 Å². The summed E-state index contributed by atoms with van der Waals surface area (Å²) in [4.78, 5) is 0. The molecule has 0 N–H and O–H groups in total. The fourth-order valence-electron chi connectivity index (χ4n) is 3.00. The molecule has 0 spiro atoms. The van der Waals surface area contributed by atoms with E-state index in [9.17, 15) is 0 Å². The van der Waals surface area contributed by atoms with E-state index in [4.69, 9.17) is 16.3 Å². The predicted octanol–water partition coefficient (Wildman–Crippen LogP) is 6.09. The van der Waals surface area contributed by atoms with Crippen LogP contribution in [0.2, 0.25) is 5.02 Å². The van der Waals surface area contributed by atoms with Gasteiger partial charge in [-0.1, -0.05) is 67.1 Å². The lowest BCUT2D eigenvalue weighted by molar-refractivity contribution is 0.414. The van der Waals surface area contributed by atoms with Gasteiger partial charge in [0.2, 0.25) is 0 Å². The van der Waals surface area contributed by atoms with Crippen LogP contribution in [0.15, 0.2) is 72.8 Å². The van der Waals surface area contributed by atoms with Crippen molar-refractivity contribution in [3.8, 4) is 5.75 Å². The summed E-state index contributed by atoms with van der Waals surface area (Å²) in [6.45, 7) is 2.17. The molecule has 3 aromatic rings. The largest absolute Gasteiger partial charge is 0.497 e. The van der Waals surface area contributed by atoms with Crippen LogP contribution in [0.5, 0.6) is 5.75 Å². The van der Waals surface area contributed by atoms with Crippen molar-refractivity contribution in [1.29, 1.82) is 0 Å². The molecule has 122 valence electrons. The fraction of sp³-hybridized carbons (Fsp3) is 0.182. The van der Waals surface area contributed by atoms with Gasteiger partial charge in [0.25, 0.3) is 0 Å². The zero-order valence-corrected chi connectivity index (χ0v) is 14.8. The van der Waals surface area contributed by atoms with Crippen LogP contribution in [0.3, 0.4) is 0 Å². The number of rotatable bonds is 5. The van der Waals surface area contributed by atoms with Crippen LogP contribution in [0.1, 0.15) is 35.1 Å². The molecule has 0 bridgehead atoms. The van der Waals surface area contributed by atoms with Crippen molar-refractivity contribution >= 4 is 11.6 Å². The Kier molecular flexibility index (Phi) is 5.22. The first kappa shape index (κ1) is 16.6. The van der Waals surface area contributed by atoms with Crippen LogP contribution in [0.4, 0.5) is 0 Å². The molecule has 1 nitrogen and oxygen atoms in total. The van der Waals surface area contributed by atoms with Crippen LogP contribution >= 0.6 is 11.6 Å². The second-order valence-corrected chi connectivity index (χ2v) is 6.29. The van der Waals surface area contributed by atoms with Crippen LogP contribution < -0.4 is 4.74 Å². The third-order valence-corrected chi connectivity index (χ3v) is 4.60. The highest BCUT2D eigenvalue weighted by molar-refractivity contribution is 6.30. The van der Waals surface area contributed by atoms with Gasteiger partial charge in [-0.3, -0.25) is 0 Å². The average molecular weight is 337 g/mol. The standard InChI is InChI=1S/C22H21ClO/c1-3-16-7-9-17(10-8-16)22(18-11-13-20(23)14-12-18)19-5-4-6-21(15-19)24-2/h4-15,22H,3H2,1-2H3/t22-/m1/s1. The zero-order chi connectivity index (χ0) is 16.9. The number of ether oxygens (including phenoxy) is 1. The maximum absolute atomic E-state index is 6.08. The highest BCUT2D eigenvalue weighted by Crippen LogP contribution is 2.34. The van der Waals surface area contributed by atoms with E-state index in [0.29, 0.717) is 0 Å². The number of aryl methyl sites for hydroxylation is 1. The van der Waals surface area contributed by atoms with Gasteiger partial charge in [0.1, 0.15) is 5.75 Å². The van der Waals surface area contributed by atoms with Crippen LogP contribution in [0.25, 0.3) is 0 Å². The summed E-state index contributed by atoms with van der Waals surface area (Å²) in [6, 6.07) is 25.2. The minimum absolute atomic E-state index is 0.156. The van der Waals surface area contributed by atoms with Crippen molar-refractivity contribution in [3.63, 3.8) is 0 Å². The van der Waals surface area contributed by atoms with Crippen molar-refractivity contribution in [2.45, 2.75) is 19.3 Å². The third-order valence-electron chi connectivity index (χ3n) is 4.35. The number of methoxy groups -OCH3 is 1. The third kappa shape index (κ3) is 3.63. The van der Waals surface area contributed by atoms with E-state index >= 15 is 0 Å². The molecule has 0 saturated carbocycles. The molecular formula is C22H21ClO. The summed E-state index contributed by atoms with van der Waals surface area (Å²) in [5.74, 6) is 1.03. The van der Waals surface area contributed by atoms with Crippen molar-refractivity contribution < 1.29 is 4.74 Å². The summed E-state index contributed by atoms with van der Waals surface area (Å²) in [5, 5.41) is 0.754. The van der Waals surface area contributed by atoms with Crippen molar-refractivity contribution in [3.05, 3.63) is 100 Å². The number of hydrogen-bond acceptors (Lipinski definition) is 1. The lowest BCUT2D eigenvalue weighted by Crippen LogP contribution is -2.04. The molecular weight excluding hydrogens is 316 g/mol. The Morgan fingerprint density at radius 1 is 0.833 bits per heavy atom. The van der Waals surface area contributed by atoms with Gasteiger partial charge in [0.05, 0.1) is 7.11 Å². The Hall–Kier alpha value is -2.25. The summed E-state index contributed by atoms with van der Waals surface area (Å²) in [5.41, 5.74) is 5.04. The highest BCUT2D eigenvalue weighted by Gasteiger charge is 2.17. The Morgan fingerprint density at radius 2 is 1.46 bits per heavy atom. The first-order valence-corrected chi connectivity index (χ1v) is 8.57. The van der Waals surface area contributed by atoms with Crippen LogP contribution in [-0.4, -0.2) is 7.11 Å². The Bertz CT molecular complexity index is 791.